The number of benzene rings is 7. The van der Waals surface area contributed by atoms with Crippen LogP contribution in [0.2, 0.25) is 0 Å². The number of unbranched alkanes of at least 4 members (excludes halogenated alkanes) is 2. The lowest BCUT2D eigenvalue weighted by molar-refractivity contribution is 0.795. The fourth-order valence-electron chi connectivity index (χ4n) is 7.62. The summed E-state index contributed by atoms with van der Waals surface area (Å²) in [5.41, 5.74) is 19.7. The second-order valence-corrected chi connectivity index (χ2v) is 15.5. The van der Waals surface area contributed by atoms with Crippen LogP contribution in [0.5, 0.6) is 0 Å². The number of hydrogen-bond acceptors (Lipinski definition) is 2. The molecular weight excluding hydrogens is 677 g/mol. The molecule has 0 spiro atoms. The van der Waals surface area contributed by atoms with Crippen molar-refractivity contribution in [3.8, 4) is 22.3 Å². The third-order valence-corrected chi connectivity index (χ3v) is 11.0. The van der Waals surface area contributed by atoms with Crippen LogP contribution in [-0.4, -0.2) is 0 Å². The van der Waals surface area contributed by atoms with Crippen LogP contribution in [0.15, 0.2) is 158 Å². The van der Waals surface area contributed by atoms with Crippen LogP contribution < -0.4 is 9.80 Å². The van der Waals surface area contributed by atoms with E-state index in [0.29, 0.717) is 0 Å². The minimum atomic E-state index is 1.13. The summed E-state index contributed by atoms with van der Waals surface area (Å²) >= 11 is 0. The van der Waals surface area contributed by atoms with Crippen LogP contribution in [0.1, 0.15) is 72.9 Å². The molecule has 7 aromatic rings. The first-order valence-electron chi connectivity index (χ1n) is 20.5. The van der Waals surface area contributed by atoms with Crippen molar-refractivity contribution < 1.29 is 0 Å². The van der Waals surface area contributed by atoms with Crippen LogP contribution in [0.25, 0.3) is 22.3 Å². The standard InChI is InChI=1S/C54H56N2/c1-7-9-11-43-17-29-49(30-18-43)55(50-31-19-44(20-32-50)12-10-8-2)51-33-25-47(26-34-51)45-21-23-46(24-22-45)48-27-35-52(36-28-48)56(53-37-39(3)13-15-41(53)5)54-38-40(4)14-16-42(54)6/h13-38H,7-12H2,1-6H3. The highest BCUT2D eigenvalue weighted by Crippen LogP contribution is 2.40. The van der Waals surface area contributed by atoms with Gasteiger partial charge in [-0.15, -0.1) is 0 Å². The van der Waals surface area contributed by atoms with Gasteiger partial charge in [-0.25, -0.2) is 0 Å². The summed E-state index contributed by atoms with van der Waals surface area (Å²) in [4.78, 5) is 4.79. The molecule has 2 heteroatoms. The summed E-state index contributed by atoms with van der Waals surface area (Å²) < 4.78 is 0. The minimum Gasteiger partial charge on any atom is -0.311 e. The molecule has 0 fully saturated rings. The molecule has 0 aliphatic heterocycles. The maximum Gasteiger partial charge on any atom is 0.0493 e. The largest absolute Gasteiger partial charge is 0.311 e. The Hall–Kier alpha value is -5.86. The normalized spacial score (nSPS) is 11.1. The molecule has 0 aliphatic rings. The van der Waals surface area contributed by atoms with Gasteiger partial charge in [0.2, 0.25) is 0 Å². The summed E-state index contributed by atoms with van der Waals surface area (Å²) in [6.07, 6.45) is 7.12. The maximum atomic E-state index is 2.41. The number of rotatable bonds is 14. The Bertz CT molecular complexity index is 2230. The molecule has 0 bridgehead atoms. The Morgan fingerprint density at radius 1 is 0.339 bits per heavy atom. The van der Waals surface area contributed by atoms with Gasteiger partial charge in [0.15, 0.2) is 0 Å². The minimum absolute atomic E-state index is 1.13. The highest BCUT2D eigenvalue weighted by atomic mass is 15.1. The predicted molar refractivity (Wildman–Crippen MR) is 243 cm³/mol. The second-order valence-electron chi connectivity index (χ2n) is 15.5. The molecular formula is C54H56N2. The van der Waals surface area contributed by atoms with E-state index in [4.69, 9.17) is 0 Å². The quantitative estimate of drug-likeness (QED) is 0.110. The highest BCUT2D eigenvalue weighted by molar-refractivity contribution is 5.83. The van der Waals surface area contributed by atoms with Gasteiger partial charge in [0.1, 0.15) is 0 Å². The molecule has 7 rings (SSSR count). The van der Waals surface area contributed by atoms with E-state index >= 15 is 0 Å². The lowest BCUT2D eigenvalue weighted by Crippen LogP contribution is -2.13. The van der Waals surface area contributed by atoms with Crippen LogP contribution in [-0.2, 0) is 12.8 Å². The van der Waals surface area contributed by atoms with Crippen molar-refractivity contribution in [2.24, 2.45) is 0 Å². The van der Waals surface area contributed by atoms with Gasteiger partial charge in [-0.05, 0) is 170 Å². The van der Waals surface area contributed by atoms with Gasteiger partial charge in [-0.1, -0.05) is 124 Å². The van der Waals surface area contributed by atoms with Crippen molar-refractivity contribution in [3.63, 3.8) is 0 Å². The summed E-state index contributed by atoms with van der Waals surface area (Å²) in [5.74, 6) is 0. The van der Waals surface area contributed by atoms with E-state index in [-0.39, 0.29) is 0 Å². The van der Waals surface area contributed by atoms with E-state index in [1.165, 1.54) is 104 Å². The van der Waals surface area contributed by atoms with Crippen molar-refractivity contribution in [3.05, 3.63) is 191 Å². The summed E-state index contributed by atoms with van der Waals surface area (Å²) in [6, 6.07) is 58.8. The van der Waals surface area contributed by atoms with E-state index < -0.39 is 0 Å². The molecule has 0 amide bonds. The zero-order valence-electron chi connectivity index (χ0n) is 34.1. The average Bonchev–Trinajstić information content (AvgIpc) is 3.23. The molecule has 282 valence electrons. The van der Waals surface area contributed by atoms with E-state index in [9.17, 15) is 0 Å². The molecule has 2 nitrogen and oxygen atoms in total. The Kier molecular flexibility index (Phi) is 12.2. The second kappa shape index (κ2) is 17.7. The van der Waals surface area contributed by atoms with Crippen molar-refractivity contribution in [2.45, 2.75) is 80.1 Å². The fraction of sp³-hybridized carbons (Fsp3) is 0.222. The number of nitrogens with zero attached hydrogens (tertiary/aromatic N) is 2. The van der Waals surface area contributed by atoms with E-state index in [1.807, 2.05) is 0 Å². The fourth-order valence-corrected chi connectivity index (χ4v) is 7.62. The molecule has 0 heterocycles. The first-order chi connectivity index (χ1) is 27.3. The number of hydrogen-bond donors (Lipinski definition) is 0. The van der Waals surface area contributed by atoms with Gasteiger partial charge in [0.05, 0.1) is 0 Å². The van der Waals surface area contributed by atoms with Gasteiger partial charge in [0.25, 0.3) is 0 Å². The summed E-state index contributed by atoms with van der Waals surface area (Å²) in [7, 11) is 0. The van der Waals surface area contributed by atoms with Crippen molar-refractivity contribution in [1.29, 1.82) is 0 Å². The van der Waals surface area contributed by atoms with Gasteiger partial charge in [-0.3, -0.25) is 0 Å². The van der Waals surface area contributed by atoms with Crippen molar-refractivity contribution in [2.75, 3.05) is 9.80 Å². The predicted octanol–water partition coefficient (Wildman–Crippen LogP) is 15.9. The molecule has 0 unspecified atom stereocenters. The Balaban J connectivity index is 1.13. The summed E-state index contributed by atoms with van der Waals surface area (Å²) in [5, 5.41) is 0. The molecule has 0 aliphatic carbocycles. The zero-order valence-corrected chi connectivity index (χ0v) is 34.1. The van der Waals surface area contributed by atoms with Crippen LogP contribution in [0, 0.1) is 27.7 Å². The molecule has 0 saturated carbocycles. The van der Waals surface area contributed by atoms with Gasteiger partial charge < -0.3 is 9.80 Å². The molecule has 7 aromatic carbocycles. The topological polar surface area (TPSA) is 6.48 Å². The number of anilines is 6. The Morgan fingerprint density at radius 2 is 0.643 bits per heavy atom. The molecule has 56 heavy (non-hydrogen) atoms. The SMILES string of the molecule is CCCCc1ccc(N(c2ccc(CCCC)cc2)c2ccc(-c3ccc(-c4ccc(N(c5cc(C)ccc5C)c5cc(C)ccc5C)cc4)cc3)cc2)cc1. The van der Waals surface area contributed by atoms with Gasteiger partial charge in [-0.2, -0.15) is 0 Å². The lowest BCUT2D eigenvalue weighted by Gasteiger charge is -2.29. The van der Waals surface area contributed by atoms with Gasteiger partial charge >= 0.3 is 0 Å². The third-order valence-electron chi connectivity index (χ3n) is 11.0. The van der Waals surface area contributed by atoms with E-state index in [1.54, 1.807) is 0 Å². The van der Waals surface area contributed by atoms with Crippen LogP contribution >= 0.6 is 0 Å². The average molecular weight is 733 g/mol. The molecule has 0 atom stereocenters. The van der Waals surface area contributed by atoms with Crippen LogP contribution in [0.3, 0.4) is 0 Å². The zero-order chi connectivity index (χ0) is 39.0. The first-order valence-corrected chi connectivity index (χ1v) is 20.5. The highest BCUT2D eigenvalue weighted by Gasteiger charge is 2.18. The number of aryl methyl sites for hydroxylation is 6. The molecule has 0 aromatic heterocycles. The lowest BCUT2D eigenvalue weighted by atomic mass is 9.99. The molecule has 0 N–H and O–H groups in total. The van der Waals surface area contributed by atoms with Crippen molar-refractivity contribution >= 4 is 34.1 Å². The molecule has 0 radical (unpaired) electrons. The monoisotopic (exact) mass is 732 g/mol. The van der Waals surface area contributed by atoms with Gasteiger partial charge in [0, 0.05) is 34.1 Å². The van der Waals surface area contributed by atoms with Crippen LogP contribution in [0.4, 0.5) is 34.1 Å². The van der Waals surface area contributed by atoms with Crippen molar-refractivity contribution in [1.82, 2.24) is 0 Å². The third kappa shape index (κ3) is 8.82. The van der Waals surface area contributed by atoms with E-state index in [2.05, 4.69) is 209 Å². The first kappa shape index (κ1) is 38.4. The molecule has 0 saturated heterocycles. The Morgan fingerprint density at radius 3 is 0.982 bits per heavy atom. The summed E-state index contributed by atoms with van der Waals surface area (Å²) in [6.45, 7) is 13.3. The van der Waals surface area contributed by atoms with E-state index in [0.717, 1.165) is 24.2 Å². The smallest absolute Gasteiger partial charge is 0.0493 e. The Labute approximate surface area is 336 Å². The maximum absolute atomic E-state index is 2.41.